The van der Waals surface area contributed by atoms with Crippen molar-refractivity contribution in [2.24, 2.45) is 0 Å². The number of hydrogen-bond acceptors (Lipinski definition) is 5. The van der Waals surface area contributed by atoms with Gasteiger partial charge in [0.25, 0.3) is 5.91 Å². The number of aromatic nitrogens is 5. The molecule has 7 heteroatoms. The highest BCUT2D eigenvalue weighted by molar-refractivity contribution is 5.95. The van der Waals surface area contributed by atoms with Gasteiger partial charge in [0.2, 0.25) is 0 Å². The van der Waals surface area contributed by atoms with Gasteiger partial charge in [-0.25, -0.2) is 9.97 Å². The summed E-state index contributed by atoms with van der Waals surface area (Å²) in [5, 5.41) is 7.62. The predicted octanol–water partition coefficient (Wildman–Crippen LogP) is 2.30. The average Bonchev–Trinajstić information content (AvgIpc) is 3.32. The number of benzene rings is 1. The zero-order chi connectivity index (χ0) is 18.1. The van der Waals surface area contributed by atoms with Crippen LogP contribution in [0.2, 0.25) is 0 Å². The predicted molar refractivity (Wildman–Crippen MR) is 96.1 cm³/mol. The lowest BCUT2D eigenvalue weighted by atomic mass is 10.1. The Bertz CT molecular complexity index is 917. The van der Waals surface area contributed by atoms with Crippen LogP contribution >= 0.6 is 0 Å². The minimum atomic E-state index is 0.0341. The van der Waals surface area contributed by atoms with Crippen molar-refractivity contribution in [1.82, 2.24) is 29.6 Å². The van der Waals surface area contributed by atoms with Crippen LogP contribution in [0, 0.1) is 13.8 Å². The Morgan fingerprint density at radius 1 is 1.08 bits per heavy atom. The van der Waals surface area contributed by atoms with Crippen molar-refractivity contribution < 1.29 is 4.79 Å². The molecule has 0 spiro atoms. The number of hydrogen-bond donors (Lipinski definition) is 0. The molecule has 1 saturated heterocycles. The fraction of sp³-hybridized carbons (Fsp3) is 0.316. The standard InChI is InChI=1S/C19H20N6O/c1-13-8-14(2)23-18(22-13)16-6-7-24(10-16)19(26)15-4-3-5-17(9-15)25-11-20-21-12-25/h3-5,8-9,11-12,16H,6-7,10H2,1-2H3/t16-/m0/s1. The molecule has 0 bridgehead atoms. The molecular weight excluding hydrogens is 328 g/mol. The molecule has 0 unspecified atom stereocenters. The Kier molecular flexibility index (Phi) is 4.20. The van der Waals surface area contributed by atoms with E-state index < -0.39 is 0 Å². The molecular formula is C19H20N6O. The van der Waals surface area contributed by atoms with Crippen molar-refractivity contribution in [3.63, 3.8) is 0 Å². The number of nitrogens with zero attached hydrogens (tertiary/aromatic N) is 6. The monoisotopic (exact) mass is 348 g/mol. The number of aryl methyl sites for hydroxylation is 2. The first kappa shape index (κ1) is 16.4. The largest absolute Gasteiger partial charge is 0.338 e. The average molecular weight is 348 g/mol. The van der Waals surface area contributed by atoms with E-state index in [2.05, 4.69) is 20.2 Å². The third kappa shape index (κ3) is 3.20. The number of carbonyl (C=O) groups excluding carboxylic acids is 1. The van der Waals surface area contributed by atoms with Gasteiger partial charge in [-0.2, -0.15) is 0 Å². The van der Waals surface area contributed by atoms with Crippen molar-refractivity contribution in [3.05, 3.63) is 65.8 Å². The van der Waals surface area contributed by atoms with Crippen molar-refractivity contribution in [3.8, 4) is 5.69 Å². The zero-order valence-electron chi connectivity index (χ0n) is 14.8. The van der Waals surface area contributed by atoms with Gasteiger partial charge in [0.15, 0.2) is 0 Å². The molecule has 132 valence electrons. The second kappa shape index (κ2) is 6.67. The molecule has 0 N–H and O–H groups in total. The normalized spacial score (nSPS) is 16.8. The Balaban J connectivity index is 1.52. The van der Waals surface area contributed by atoms with Crippen LogP contribution in [-0.4, -0.2) is 48.6 Å². The van der Waals surface area contributed by atoms with E-state index in [1.54, 1.807) is 17.2 Å². The molecule has 1 aromatic carbocycles. The number of likely N-dealkylation sites (tertiary alicyclic amines) is 1. The van der Waals surface area contributed by atoms with E-state index in [4.69, 9.17) is 0 Å². The van der Waals surface area contributed by atoms with Crippen LogP contribution in [0.25, 0.3) is 5.69 Å². The van der Waals surface area contributed by atoms with E-state index in [9.17, 15) is 4.79 Å². The van der Waals surface area contributed by atoms with Crippen molar-refractivity contribution in [1.29, 1.82) is 0 Å². The molecule has 26 heavy (non-hydrogen) atoms. The van der Waals surface area contributed by atoms with Crippen LogP contribution < -0.4 is 0 Å². The summed E-state index contributed by atoms with van der Waals surface area (Å²) in [5.74, 6) is 1.07. The summed E-state index contributed by atoms with van der Waals surface area (Å²) in [4.78, 5) is 23.9. The molecule has 0 radical (unpaired) electrons. The molecule has 1 amide bonds. The van der Waals surface area contributed by atoms with Gasteiger partial charge in [-0.1, -0.05) is 6.07 Å². The lowest BCUT2D eigenvalue weighted by Crippen LogP contribution is -2.28. The lowest BCUT2D eigenvalue weighted by Gasteiger charge is -2.17. The van der Waals surface area contributed by atoms with Crippen LogP contribution in [0.15, 0.2) is 43.0 Å². The number of carbonyl (C=O) groups is 1. The van der Waals surface area contributed by atoms with Crippen LogP contribution in [0.3, 0.4) is 0 Å². The highest BCUT2D eigenvalue weighted by Crippen LogP contribution is 2.26. The van der Waals surface area contributed by atoms with Crippen LogP contribution in [0.5, 0.6) is 0 Å². The quantitative estimate of drug-likeness (QED) is 0.726. The summed E-state index contributed by atoms with van der Waals surface area (Å²) < 4.78 is 1.78. The van der Waals surface area contributed by atoms with E-state index >= 15 is 0 Å². The van der Waals surface area contributed by atoms with Gasteiger partial charge in [0, 0.05) is 41.6 Å². The van der Waals surface area contributed by atoms with Gasteiger partial charge in [0.1, 0.15) is 18.5 Å². The Morgan fingerprint density at radius 3 is 2.54 bits per heavy atom. The first-order valence-corrected chi connectivity index (χ1v) is 8.66. The fourth-order valence-corrected chi connectivity index (χ4v) is 3.41. The highest BCUT2D eigenvalue weighted by atomic mass is 16.2. The summed E-state index contributed by atoms with van der Waals surface area (Å²) >= 11 is 0. The molecule has 3 aromatic rings. The molecule has 1 fully saturated rings. The third-order valence-corrected chi connectivity index (χ3v) is 4.65. The third-order valence-electron chi connectivity index (χ3n) is 4.65. The van der Waals surface area contributed by atoms with Gasteiger partial charge in [0.05, 0.1) is 0 Å². The SMILES string of the molecule is Cc1cc(C)nc([C@H]2CCN(C(=O)c3cccc(-n4cnnc4)c3)C2)n1. The second-order valence-electron chi connectivity index (χ2n) is 6.67. The molecule has 2 aromatic heterocycles. The van der Waals surface area contributed by atoms with Crippen LogP contribution in [-0.2, 0) is 0 Å². The van der Waals surface area contributed by atoms with E-state index in [0.29, 0.717) is 12.1 Å². The zero-order valence-corrected chi connectivity index (χ0v) is 14.8. The summed E-state index contributed by atoms with van der Waals surface area (Å²) in [6.45, 7) is 5.33. The topological polar surface area (TPSA) is 76.8 Å². The maximum absolute atomic E-state index is 12.9. The van der Waals surface area contributed by atoms with Gasteiger partial charge in [-0.05, 0) is 44.5 Å². The Morgan fingerprint density at radius 2 is 1.81 bits per heavy atom. The molecule has 1 aliphatic heterocycles. The lowest BCUT2D eigenvalue weighted by molar-refractivity contribution is 0.0790. The summed E-state index contributed by atoms with van der Waals surface area (Å²) in [7, 11) is 0. The van der Waals surface area contributed by atoms with Crippen molar-refractivity contribution in [2.45, 2.75) is 26.2 Å². The van der Waals surface area contributed by atoms with Crippen LogP contribution in [0.1, 0.15) is 39.9 Å². The Labute approximate surface area is 151 Å². The van der Waals surface area contributed by atoms with Gasteiger partial charge in [-0.15, -0.1) is 10.2 Å². The minimum absolute atomic E-state index is 0.0341. The fourth-order valence-electron chi connectivity index (χ4n) is 3.41. The minimum Gasteiger partial charge on any atom is -0.338 e. The smallest absolute Gasteiger partial charge is 0.253 e. The number of rotatable bonds is 3. The number of amides is 1. The van der Waals surface area contributed by atoms with E-state index in [-0.39, 0.29) is 11.8 Å². The molecule has 7 nitrogen and oxygen atoms in total. The molecule has 1 aliphatic rings. The van der Waals surface area contributed by atoms with E-state index in [1.807, 2.05) is 49.1 Å². The summed E-state index contributed by atoms with van der Waals surface area (Å²) in [6.07, 6.45) is 4.12. The highest BCUT2D eigenvalue weighted by Gasteiger charge is 2.30. The first-order chi connectivity index (χ1) is 12.6. The van der Waals surface area contributed by atoms with Gasteiger partial charge in [-0.3, -0.25) is 9.36 Å². The van der Waals surface area contributed by atoms with Gasteiger partial charge >= 0.3 is 0 Å². The van der Waals surface area contributed by atoms with Crippen molar-refractivity contribution >= 4 is 5.91 Å². The molecule has 3 heterocycles. The molecule has 0 aliphatic carbocycles. The van der Waals surface area contributed by atoms with E-state index in [1.165, 1.54) is 0 Å². The first-order valence-electron chi connectivity index (χ1n) is 8.66. The summed E-state index contributed by atoms with van der Waals surface area (Å²) in [6, 6.07) is 9.49. The molecule has 4 rings (SSSR count). The van der Waals surface area contributed by atoms with Crippen molar-refractivity contribution in [2.75, 3.05) is 13.1 Å². The van der Waals surface area contributed by atoms with Crippen LogP contribution in [0.4, 0.5) is 0 Å². The van der Waals surface area contributed by atoms with Gasteiger partial charge < -0.3 is 4.90 Å². The Hall–Kier alpha value is -3.09. The van der Waals surface area contributed by atoms with E-state index in [0.717, 1.165) is 35.9 Å². The second-order valence-corrected chi connectivity index (χ2v) is 6.67. The maximum Gasteiger partial charge on any atom is 0.253 e. The molecule has 1 atom stereocenters. The maximum atomic E-state index is 12.9. The molecule has 0 saturated carbocycles. The summed E-state index contributed by atoms with van der Waals surface area (Å²) in [5.41, 5.74) is 3.48.